The third-order valence-corrected chi connectivity index (χ3v) is 5.52. The van der Waals surface area contributed by atoms with E-state index in [9.17, 15) is 24.5 Å². The molecule has 0 aromatic heterocycles. The van der Waals surface area contributed by atoms with Gasteiger partial charge in [0.15, 0.2) is 17.3 Å². The van der Waals surface area contributed by atoms with Gasteiger partial charge in [-0.1, -0.05) is 11.6 Å². The van der Waals surface area contributed by atoms with Crippen molar-refractivity contribution in [2.45, 2.75) is 0 Å². The Morgan fingerprint density at radius 2 is 1.87 bits per heavy atom. The minimum Gasteiger partial charge on any atom is -0.493 e. The van der Waals surface area contributed by atoms with Gasteiger partial charge in [0.1, 0.15) is 0 Å². The van der Waals surface area contributed by atoms with Crippen LogP contribution in [0, 0.1) is 10.1 Å². The number of carbonyl (C=O) groups excluding carboxylic acids is 3. The molecule has 0 atom stereocenters. The van der Waals surface area contributed by atoms with Gasteiger partial charge in [0.2, 0.25) is 0 Å². The average Bonchev–Trinajstić information content (AvgIpc) is 3.00. The molecule has 11 heteroatoms. The maximum absolute atomic E-state index is 12.7. The van der Waals surface area contributed by atoms with E-state index in [1.54, 1.807) is 12.1 Å². The number of imide groups is 1. The Hall–Kier alpha value is -3.37. The van der Waals surface area contributed by atoms with Crippen LogP contribution in [-0.2, 0) is 4.79 Å². The number of benzene rings is 2. The summed E-state index contributed by atoms with van der Waals surface area (Å²) in [5.74, 6) is -0.458. The van der Waals surface area contributed by atoms with Gasteiger partial charge in [0.05, 0.1) is 35.6 Å². The largest absolute Gasteiger partial charge is 0.493 e. The molecule has 0 radical (unpaired) electrons. The second-order valence-electron chi connectivity index (χ2n) is 6.23. The Labute approximate surface area is 185 Å². The second kappa shape index (κ2) is 9.19. The zero-order valence-electron chi connectivity index (χ0n) is 16.3. The van der Waals surface area contributed by atoms with E-state index in [0.29, 0.717) is 28.8 Å². The summed E-state index contributed by atoms with van der Waals surface area (Å²) in [4.78, 5) is 48.5. The molecule has 0 spiro atoms. The fourth-order valence-corrected chi connectivity index (χ4v) is 3.95. The van der Waals surface area contributed by atoms with Crippen LogP contribution >= 0.6 is 23.4 Å². The third kappa shape index (κ3) is 4.70. The molecule has 1 fully saturated rings. The highest BCUT2D eigenvalue weighted by molar-refractivity contribution is 8.18. The molecule has 160 valence electrons. The number of carbonyl (C=O) groups is 3. The predicted molar refractivity (Wildman–Crippen MR) is 115 cm³/mol. The highest BCUT2D eigenvalue weighted by Gasteiger charge is 2.36. The van der Waals surface area contributed by atoms with E-state index in [0.717, 1.165) is 4.90 Å². The quantitative estimate of drug-likeness (QED) is 0.260. The number of hydrogen-bond donors (Lipinski definition) is 0. The summed E-state index contributed by atoms with van der Waals surface area (Å²) in [5, 5.41) is 10.4. The van der Waals surface area contributed by atoms with Crippen LogP contribution in [0.2, 0.25) is 5.02 Å². The standard InChI is InChI=1S/C20H15ClN2O7S/c1-29-16-8-11(7-14(21)18(16)30-2)9-17-19(25)22(20(26)31-17)10-15(24)12-3-5-13(6-4-12)23(27)28/h3-9H,10H2,1-2H3/b17-9-. The number of nitro benzene ring substituents is 1. The van der Waals surface area contributed by atoms with Crippen LogP contribution in [0.3, 0.4) is 0 Å². The van der Waals surface area contributed by atoms with E-state index in [4.69, 9.17) is 21.1 Å². The zero-order chi connectivity index (χ0) is 22.7. The highest BCUT2D eigenvalue weighted by atomic mass is 35.5. The van der Waals surface area contributed by atoms with Gasteiger partial charge >= 0.3 is 0 Å². The number of non-ortho nitro benzene ring substituents is 1. The molecule has 1 aliphatic heterocycles. The number of ether oxygens (including phenoxy) is 2. The average molecular weight is 463 g/mol. The summed E-state index contributed by atoms with van der Waals surface area (Å²) >= 11 is 6.86. The first-order valence-electron chi connectivity index (χ1n) is 8.69. The number of hydrogen-bond acceptors (Lipinski definition) is 8. The van der Waals surface area contributed by atoms with Gasteiger partial charge in [-0.15, -0.1) is 0 Å². The minimum absolute atomic E-state index is 0.116. The van der Waals surface area contributed by atoms with E-state index in [1.807, 2.05) is 0 Å². The number of ketones is 1. The smallest absolute Gasteiger partial charge is 0.293 e. The Kier molecular flexibility index (Phi) is 6.62. The molecule has 31 heavy (non-hydrogen) atoms. The van der Waals surface area contributed by atoms with Crippen molar-refractivity contribution >= 4 is 52.1 Å². The Morgan fingerprint density at radius 1 is 1.19 bits per heavy atom. The lowest BCUT2D eigenvalue weighted by atomic mass is 10.1. The van der Waals surface area contributed by atoms with Crippen LogP contribution in [0.1, 0.15) is 15.9 Å². The summed E-state index contributed by atoms with van der Waals surface area (Å²) in [7, 11) is 2.88. The lowest BCUT2D eigenvalue weighted by Crippen LogP contribution is -2.33. The highest BCUT2D eigenvalue weighted by Crippen LogP contribution is 2.38. The van der Waals surface area contributed by atoms with Gasteiger partial charge in [-0.3, -0.25) is 29.4 Å². The van der Waals surface area contributed by atoms with Gasteiger partial charge in [0, 0.05) is 17.7 Å². The van der Waals surface area contributed by atoms with Gasteiger partial charge in [-0.2, -0.15) is 0 Å². The van der Waals surface area contributed by atoms with Gasteiger partial charge in [-0.25, -0.2) is 0 Å². The first kappa shape index (κ1) is 22.3. The van der Waals surface area contributed by atoms with Gasteiger partial charge < -0.3 is 9.47 Å². The molecule has 9 nitrogen and oxygen atoms in total. The number of halogens is 1. The normalized spacial score (nSPS) is 14.8. The lowest BCUT2D eigenvalue weighted by molar-refractivity contribution is -0.384. The molecule has 3 rings (SSSR count). The minimum atomic E-state index is -0.629. The van der Waals surface area contributed by atoms with Crippen molar-refractivity contribution in [1.29, 1.82) is 0 Å². The van der Waals surface area contributed by atoms with Crippen molar-refractivity contribution < 1.29 is 28.8 Å². The molecular weight excluding hydrogens is 448 g/mol. The predicted octanol–water partition coefficient (Wildman–Crippen LogP) is 4.18. The Morgan fingerprint density at radius 3 is 2.45 bits per heavy atom. The van der Waals surface area contributed by atoms with Gasteiger partial charge in [0.25, 0.3) is 16.8 Å². The molecule has 0 bridgehead atoms. The topological polar surface area (TPSA) is 116 Å². The fraction of sp³-hybridized carbons (Fsp3) is 0.150. The maximum Gasteiger partial charge on any atom is 0.293 e. The second-order valence-corrected chi connectivity index (χ2v) is 7.63. The molecule has 0 unspecified atom stereocenters. The van der Waals surface area contributed by atoms with Crippen molar-refractivity contribution in [1.82, 2.24) is 4.90 Å². The number of nitrogens with zero attached hydrogens (tertiary/aromatic N) is 2. The molecular formula is C20H15ClN2O7S. The van der Waals surface area contributed by atoms with Crippen LogP contribution in [0.4, 0.5) is 10.5 Å². The zero-order valence-corrected chi connectivity index (χ0v) is 17.9. The number of nitro groups is 1. The monoisotopic (exact) mass is 462 g/mol. The fourth-order valence-electron chi connectivity index (χ4n) is 2.81. The van der Waals surface area contributed by atoms with E-state index in [2.05, 4.69) is 0 Å². The van der Waals surface area contributed by atoms with Crippen LogP contribution in [-0.4, -0.2) is 47.5 Å². The molecule has 0 N–H and O–H groups in total. The van der Waals surface area contributed by atoms with Crippen molar-refractivity contribution in [3.63, 3.8) is 0 Å². The first-order valence-corrected chi connectivity index (χ1v) is 9.89. The number of thioether (sulfide) groups is 1. The molecule has 0 aliphatic carbocycles. The maximum atomic E-state index is 12.7. The van der Waals surface area contributed by atoms with Crippen LogP contribution < -0.4 is 9.47 Å². The van der Waals surface area contributed by atoms with Crippen LogP contribution in [0.5, 0.6) is 11.5 Å². The van der Waals surface area contributed by atoms with Crippen LogP contribution in [0.25, 0.3) is 6.08 Å². The van der Waals surface area contributed by atoms with E-state index in [-0.39, 0.29) is 21.2 Å². The Bertz CT molecular complexity index is 1120. The number of Topliss-reactive ketones (excluding diaryl/α,β-unsaturated/α-hetero) is 1. The van der Waals surface area contributed by atoms with Crippen molar-refractivity contribution in [3.05, 3.63) is 67.6 Å². The summed E-state index contributed by atoms with van der Waals surface area (Å²) in [6, 6.07) is 8.07. The Balaban J connectivity index is 1.80. The SMILES string of the molecule is COc1cc(/C=C2\SC(=O)N(CC(=O)c3ccc([N+](=O)[O-])cc3)C2=O)cc(Cl)c1OC. The molecule has 1 saturated heterocycles. The summed E-state index contributed by atoms with van der Waals surface area (Å²) in [6.45, 7) is -0.480. The van der Waals surface area contributed by atoms with Crippen molar-refractivity contribution in [2.75, 3.05) is 20.8 Å². The van der Waals surface area contributed by atoms with Crippen molar-refractivity contribution in [3.8, 4) is 11.5 Å². The molecule has 0 saturated carbocycles. The number of methoxy groups -OCH3 is 2. The molecule has 1 heterocycles. The van der Waals surface area contributed by atoms with E-state index < -0.39 is 28.4 Å². The van der Waals surface area contributed by atoms with Gasteiger partial charge in [-0.05, 0) is 47.7 Å². The molecule has 2 aromatic rings. The van der Waals surface area contributed by atoms with Crippen LogP contribution in [0.15, 0.2) is 41.3 Å². The molecule has 2 aromatic carbocycles. The van der Waals surface area contributed by atoms with E-state index in [1.165, 1.54) is 44.6 Å². The third-order valence-electron chi connectivity index (χ3n) is 4.33. The number of amides is 2. The molecule has 2 amide bonds. The summed E-state index contributed by atoms with van der Waals surface area (Å²) in [5.41, 5.74) is 0.495. The van der Waals surface area contributed by atoms with Crippen molar-refractivity contribution in [2.24, 2.45) is 0 Å². The lowest BCUT2D eigenvalue weighted by Gasteiger charge is -2.11. The first-order chi connectivity index (χ1) is 14.7. The van der Waals surface area contributed by atoms with E-state index >= 15 is 0 Å². The number of rotatable bonds is 7. The molecule has 1 aliphatic rings. The summed E-state index contributed by atoms with van der Waals surface area (Å²) < 4.78 is 10.4. The summed E-state index contributed by atoms with van der Waals surface area (Å²) in [6.07, 6.45) is 1.47.